The number of hydrazone groups is 1. The number of benzene rings is 3. The van der Waals surface area contributed by atoms with Crippen LogP contribution in [0.4, 0.5) is 0 Å². The number of nitrogens with zero attached hydrogens (tertiary/aromatic N) is 3. The molecule has 4 aromatic rings. The number of aromatic nitrogens is 1. The maximum atomic E-state index is 13.8. The zero-order valence-electron chi connectivity index (χ0n) is 20.1. The number of para-hydroxylation sites is 2. The summed E-state index contributed by atoms with van der Waals surface area (Å²) in [6.45, 7) is 0. The van der Waals surface area contributed by atoms with E-state index >= 15 is 0 Å². The van der Waals surface area contributed by atoms with Crippen LogP contribution < -0.4 is 14.2 Å². The van der Waals surface area contributed by atoms with Crippen molar-refractivity contribution >= 4 is 34.1 Å². The second kappa shape index (κ2) is 9.87. The van der Waals surface area contributed by atoms with Gasteiger partial charge in [0.2, 0.25) is 0 Å². The molecule has 2 heterocycles. The summed E-state index contributed by atoms with van der Waals surface area (Å²) in [5.41, 5.74) is 3.36. The molecular weight excluding hydrogens is 478 g/mol. The first-order chi connectivity index (χ1) is 17.5. The van der Waals surface area contributed by atoms with Crippen molar-refractivity contribution in [3.8, 4) is 17.2 Å². The van der Waals surface area contributed by atoms with Crippen LogP contribution in [0, 0.1) is 0 Å². The van der Waals surface area contributed by atoms with Crippen LogP contribution in [0.1, 0.15) is 33.9 Å². The van der Waals surface area contributed by atoms with Crippen LogP contribution in [0.5, 0.6) is 17.2 Å². The van der Waals surface area contributed by atoms with Crippen molar-refractivity contribution in [1.82, 2.24) is 9.99 Å². The summed E-state index contributed by atoms with van der Waals surface area (Å²) in [5, 5.41) is 7.39. The summed E-state index contributed by atoms with van der Waals surface area (Å²) in [5.74, 6) is 1.51. The third kappa shape index (κ3) is 4.22. The van der Waals surface area contributed by atoms with E-state index in [0.29, 0.717) is 40.3 Å². The predicted octanol–water partition coefficient (Wildman–Crippen LogP) is 5.91. The number of rotatable bonds is 6. The van der Waals surface area contributed by atoms with Crippen molar-refractivity contribution in [2.75, 3.05) is 21.3 Å². The lowest BCUT2D eigenvalue weighted by Gasteiger charge is -2.24. The van der Waals surface area contributed by atoms with E-state index in [1.54, 1.807) is 32.4 Å². The number of halogens is 1. The lowest BCUT2D eigenvalue weighted by Crippen LogP contribution is -2.27. The molecule has 8 heteroatoms. The summed E-state index contributed by atoms with van der Waals surface area (Å²) in [7, 11) is 4.75. The molecule has 3 aromatic carbocycles. The standard InChI is InChI=1S/C28H24ClN3O4/c1-34-19-10-6-8-17(14-19)22-16-23(32(31-22)28(33)20-11-4-5-12-24(20)35-2)21-15-18-9-7-13-25(36-3)26(18)30-27(21)29/h4-15,23H,16H2,1-3H3. The molecule has 1 amide bonds. The molecule has 182 valence electrons. The van der Waals surface area contributed by atoms with Gasteiger partial charge in [0.25, 0.3) is 5.91 Å². The summed E-state index contributed by atoms with van der Waals surface area (Å²) < 4.78 is 16.3. The van der Waals surface area contributed by atoms with Gasteiger partial charge in [0.05, 0.1) is 38.6 Å². The largest absolute Gasteiger partial charge is 0.497 e. The Kier molecular flexibility index (Phi) is 6.48. The fourth-order valence-corrected chi connectivity index (χ4v) is 4.69. The van der Waals surface area contributed by atoms with E-state index in [9.17, 15) is 4.79 Å². The highest BCUT2D eigenvalue weighted by molar-refractivity contribution is 6.30. The first kappa shape index (κ1) is 23.6. The number of amides is 1. The molecule has 0 saturated heterocycles. The topological polar surface area (TPSA) is 73.2 Å². The minimum absolute atomic E-state index is 0.289. The van der Waals surface area contributed by atoms with E-state index in [-0.39, 0.29) is 11.1 Å². The van der Waals surface area contributed by atoms with E-state index in [0.717, 1.165) is 16.7 Å². The summed E-state index contributed by atoms with van der Waals surface area (Å²) in [6.07, 6.45) is 0.449. The number of hydrogen-bond acceptors (Lipinski definition) is 6. The van der Waals surface area contributed by atoms with Gasteiger partial charge in [-0.05, 0) is 36.4 Å². The fourth-order valence-electron chi connectivity index (χ4n) is 4.43. The molecule has 1 atom stereocenters. The maximum absolute atomic E-state index is 13.8. The molecule has 7 nitrogen and oxygen atoms in total. The van der Waals surface area contributed by atoms with Gasteiger partial charge in [-0.2, -0.15) is 5.10 Å². The Bertz CT molecular complexity index is 1490. The Balaban J connectivity index is 1.63. The van der Waals surface area contributed by atoms with Crippen LogP contribution >= 0.6 is 11.6 Å². The van der Waals surface area contributed by atoms with Crippen molar-refractivity contribution in [3.63, 3.8) is 0 Å². The van der Waals surface area contributed by atoms with Crippen molar-refractivity contribution < 1.29 is 19.0 Å². The average molecular weight is 502 g/mol. The minimum Gasteiger partial charge on any atom is -0.497 e. The zero-order chi connectivity index (χ0) is 25.2. The van der Waals surface area contributed by atoms with Crippen molar-refractivity contribution in [3.05, 3.63) is 94.6 Å². The van der Waals surface area contributed by atoms with Crippen LogP contribution in [0.2, 0.25) is 5.15 Å². The van der Waals surface area contributed by atoms with Crippen LogP contribution in [0.25, 0.3) is 10.9 Å². The van der Waals surface area contributed by atoms with Crippen molar-refractivity contribution in [2.24, 2.45) is 5.10 Å². The maximum Gasteiger partial charge on any atom is 0.278 e. The molecule has 1 aromatic heterocycles. The molecule has 0 N–H and O–H groups in total. The van der Waals surface area contributed by atoms with E-state index in [4.69, 9.17) is 30.9 Å². The molecule has 0 fully saturated rings. The van der Waals surface area contributed by atoms with Crippen LogP contribution in [-0.4, -0.2) is 42.9 Å². The van der Waals surface area contributed by atoms with E-state index in [1.807, 2.05) is 54.6 Å². The van der Waals surface area contributed by atoms with Gasteiger partial charge in [0.15, 0.2) is 0 Å². The molecule has 0 aliphatic carbocycles. The highest BCUT2D eigenvalue weighted by atomic mass is 35.5. The molecule has 0 saturated carbocycles. The summed E-state index contributed by atoms with van der Waals surface area (Å²) in [4.78, 5) is 18.4. The smallest absolute Gasteiger partial charge is 0.278 e. The van der Waals surface area contributed by atoms with E-state index in [2.05, 4.69) is 4.98 Å². The SMILES string of the molecule is COc1cccc(C2=NN(C(=O)c3ccccc3OC)C(c3cc4cccc(OC)c4nc3Cl)C2)c1. The van der Waals surface area contributed by atoms with Gasteiger partial charge in [-0.25, -0.2) is 9.99 Å². The van der Waals surface area contributed by atoms with Gasteiger partial charge >= 0.3 is 0 Å². The lowest BCUT2D eigenvalue weighted by molar-refractivity contribution is 0.0707. The fraction of sp³-hybridized carbons (Fsp3) is 0.179. The first-order valence-corrected chi connectivity index (χ1v) is 11.7. The van der Waals surface area contributed by atoms with Gasteiger partial charge in [0.1, 0.15) is 27.9 Å². The number of carbonyl (C=O) groups is 1. The third-order valence-electron chi connectivity index (χ3n) is 6.23. The molecule has 1 aliphatic rings. The first-order valence-electron chi connectivity index (χ1n) is 11.4. The summed E-state index contributed by atoms with van der Waals surface area (Å²) in [6, 6.07) is 21.8. The average Bonchev–Trinajstić information content (AvgIpc) is 3.37. The highest BCUT2D eigenvalue weighted by Crippen LogP contribution is 2.40. The predicted molar refractivity (Wildman–Crippen MR) is 139 cm³/mol. The van der Waals surface area contributed by atoms with Gasteiger partial charge in [-0.15, -0.1) is 0 Å². The quantitative estimate of drug-likeness (QED) is 0.307. The molecule has 36 heavy (non-hydrogen) atoms. The number of methoxy groups -OCH3 is 3. The number of ether oxygens (including phenoxy) is 3. The van der Waals surface area contributed by atoms with Crippen LogP contribution in [0.15, 0.2) is 77.9 Å². The Morgan fingerprint density at radius 3 is 2.44 bits per heavy atom. The third-order valence-corrected chi connectivity index (χ3v) is 6.53. The number of fused-ring (bicyclic) bond motifs is 1. The molecule has 0 radical (unpaired) electrons. The summed E-state index contributed by atoms with van der Waals surface area (Å²) >= 11 is 6.73. The molecule has 1 aliphatic heterocycles. The molecule has 0 spiro atoms. The van der Waals surface area contributed by atoms with Gasteiger partial charge < -0.3 is 14.2 Å². The second-order valence-electron chi connectivity index (χ2n) is 8.25. The normalized spacial score (nSPS) is 15.1. The molecule has 1 unspecified atom stereocenters. The lowest BCUT2D eigenvalue weighted by atomic mass is 9.97. The van der Waals surface area contributed by atoms with Gasteiger partial charge in [0, 0.05) is 22.9 Å². The Morgan fingerprint density at radius 2 is 1.67 bits per heavy atom. The molecule has 5 rings (SSSR count). The zero-order valence-corrected chi connectivity index (χ0v) is 20.8. The van der Waals surface area contributed by atoms with Crippen LogP contribution in [-0.2, 0) is 0 Å². The number of carbonyl (C=O) groups excluding carboxylic acids is 1. The minimum atomic E-state index is -0.473. The van der Waals surface area contributed by atoms with Gasteiger partial charge in [-0.1, -0.05) is 48.0 Å². The number of pyridine rings is 1. The monoisotopic (exact) mass is 501 g/mol. The van der Waals surface area contributed by atoms with Crippen molar-refractivity contribution in [1.29, 1.82) is 0 Å². The second-order valence-corrected chi connectivity index (χ2v) is 8.61. The van der Waals surface area contributed by atoms with E-state index < -0.39 is 6.04 Å². The Hall–Kier alpha value is -4.10. The number of hydrogen-bond donors (Lipinski definition) is 0. The van der Waals surface area contributed by atoms with E-state index in [1.165, 1.54) is 12.1 Å². The highest BCUT2D eigenvalue weighted by Gasteiger charge is 2.36. The Morgan fingerprint density at radius 1 is 0.917 bits per heavy atom. The van der Waals surface area contributed by atoms with Crippen LogP contribution in [0.3, 0.4) is 0 Å². The molecule has 0 bridgehead atoms. The Labute approximate surface area is 213 Å². The molecular formula is C28H24ClN3O4. The van der Waals surface area contributed by atoms with Crippen molar-refractivity contribution in [2.45, 2.75) is 12.5 Å². The van der Waals surface area contributed by atoms with Gasteiger partial charge in [-0.3, -0.25) is 4.79 Å².